The molecule has 0 unspecified atom stereocenters. The molecule has 2 heterocycles. The molecule has 1 aliphatic heterocycles. The lowest BCUT2D eigenvalue weighted by atomic mass is 10.1. The molecule has 1 N–H and O–H groups in total. The van der Waals surface area contributed by atoms with Crippen molar-refractivity contribution in [1.82, 2.24) is 0 Å². The number of benzene rings is 3. The van der Waals surface area contributed by atoms with Crippen LogP contribution >= 0.6 is 11.6 Å². The van der Waals surface area contributed by atoms with Crippen molar-refractivity contribution in [2.45, 2.75) is 0 Å². The van der Waals surface area contributed by atoms with Crippen molar-refractivity contribution in [1.29, 1.82) is 0 Å². The number of nitrogens with zero attached hydrogens (tertiary/aromatic N) is 1. The minimum Gasteiger partial charge on any atom is -0.454 e. The van der Waals surface area contributed by atoms with Crippen LogP contribution in [-0.4, -0.2) is 12.7 Å². The first kappa shape index (κ1) is 18.3. The van der Waals surface area contributed by atoms with E-state index < -0.39 is 0 Å². The van der Waals surface area contributed by atoms with Gasteiger partial charge in [0.1, 0.15) is 11.1 Å². The lowest BCUT2D eigenvalue weighted by molar-refractivity contribution is 0.102. The van der Waals surface area contributed by atoms with E-state index in [2.05, 4.69) is 10.3 Å². The normalized spacial score (nSPS) is 12.9. The maximum Gasteiger partial charge on any atom is 0.261 e. The van der Waals surface area contributed by atoms with E-state index in [1.165, 1.54) is 0 Å². The van der Waals surface area contributed by atoms with E-state index in [1.54, 1.807) is 48.5 Å². The van der Waals surface area contributed by atoms with Gasteiger partial charge in [0.25, 0.3) is 5.91 Å². The molecule has 0 radical (unpaired) electrons. The summed E-state index contributed by atoms with van der Waals surface area (Å²) in [4.78, 5) is 17.6. The summed E-state index contributed by atoms with van der Waals surface area (Å²) in [6.07, 6.45) is 0. The average molecular weight is 419 g/mol. The van der Waals surface area contributed by atoms with E-state index in [-0.39, 0.29) is 18.3 Å². The molecule has 1 aliphatic rings. The highest BCUT2D eigenvalue weighted by molar-refractivity contribution is 6.30. The highest BCUT2D eigenvalue weighted by atomic mass is 35.5. The third kappa shape index (κ3) is 3.60. The molecule has 5 rings (SSSR count). The van der Waals surface area contributed by atoms with Crippen molar-refractivity contribution < 1.29 is 18.7 Å². The van der Waals surface area contributed by atoms with Gasteiger partial charge in [-0.1, -0.05) is 29.8 Å². The summed E-state index contributed by atoms with van der Waals surface area (Å²) in [5.41, 5.74) is 2.32. The van der Waals surface area contributed by atoms with Crippen LogP contribution in [0.2, 0.25) is 5.02 Å². The second-order valence-corrected chi connectivity index (χ2v) is 7.05. The Kier molecular flexibility index (Phi) is 4.61. The Morgan fingerprint density at radius 1 is 0.933 bits per heavy atom. The van der Waals surface area contributed by atoms with E-state index in [0.29, 0.717) is 39.0 Å². The third-order valence-electron chi connectivity index (χ3n) is 4.59. The number of para-hydroxylation sites is 1. The molecule has 30 heavy (non-hydrogen) atoms. The number of rotatable bonds is 3. The number of halogens is 1. The number of fused-ring (bicyclic) bond motifs is 2. The fourth-order valence-corrected chi connectivity index (χ4v) is 3.24. The molecule has 0 atom stereocenters. The molecule has 0 saturated carbocycles. The predicted molar refractivity (Wildman–Crippen MR) is 113 cm³/mol. The number of nitrogens with one attached hydrogen (secondary N) is 1. The zero-order valence-corrected chi connectivity index (χ0v) is 16.3. The zero-order valence-electron chi connectivity index (χ0n) is 15.6. The number of carbonyl (C=O) groups excluding carboxylic acids is 1. The van der Waals surface area contributed by atoms with Gasteiger partial charge in [-0.15, -0.1) is 0 Å². The summed E-state index contributed by atoms with van der Waals surface area (Å²) >= 11 is 5.92. The fraction of sp³-hybridized carbons (Fsp3) is 0.0435. The summed E-state index contributed by atoms with van der Waals surface area (Å²) in [6, 6.07) is 21.4. The van der Waals surface area contributed by atoms with E-state index in [9.17, 15) is 4.79 Å². The van der Waals surface area contributed by atoms with Crippen molar-refractivity contribution in [3.63, 3.8) is 0 Å². The van der Waals surface area contributed by atoms with Crippen LogP contribution in [0.25, 0.3) is 11.0 Å². The standard InChI is InChI=1S/C23H15ClN2O4/c24-15-5-7-16(8-6-15)25-22(27)18-11-14-3-1-2-4-19(14)30-23(18)26-17-9-10-20-21(12-17)29-13-28-20/h1-12H,13H2,(H,25,27). The van der Waals surface area contributed by atoms with Crippen LogP contribution in [0, 0.1) is 0 Å². The summed E-state index contributed by atoms with van der Waals surface area (Å²) in [7, 11) is 0. The Balaban J connectivity index is 1.61. The fourth-order valence-electron chi connectivity index (χ4n) is 3.12. The number of amides is 1. The van der Waals surface area contributed by atoms with E-state index in [4.69, 9.17) is 25.5 Å². The van der Waals surface area contributed by atoms with Crippen LogP contribution in [0.4, 0.5) is 11.4 Å². The first-order chi connectivity index (χ1) is 14.7. The summed E-state index contributed by atoms with van der Waals surface area (Å²) in [5.74, 6) is 0.917. The van der Waals surface area contributed by atoms with Gasteiger partial charge in [0.15, 0.2) is 11.5 Å². The van der Waals surface area contributed by atoms with Crippen LogP contribution < -0.4 is 20.3 Å². The lowest BCUT2D eigenvalue weighted by Gasteiger charge is -2.07. The Morgan fingerprint density at radius 2 is 1.73 bits per heavy atom. The van der Waals surface area contributed by atoms with Crippen molar-refractivity contribution in [3.8, 4) is 11.5 Å². The van der Waals surface area contributed by atoms with E-state index >= 15 is 0 Å². The minimum absolute atomic E-state index is 0.174. The van der Waals surface area contributed by atoms with E-state index in [1.807, 2.05) is 24.3 Å². The molecule has 0 fully saturated rings. The van der Waals surface area contributed by atoms with Gasteiger partial charge in [-0.25, -0.2) is 4.99 Å². The quantitative estimate of drug-likeness (QED) is 0.490. The smallest absolute Gasteiger partial charge is 0.261 e. The molecule has 0 saturated heterocycles. The SMILES string of the molecule is O=C(Nc1ccc(Cl)cc1)c1cc2ccccc2oc1=Nc1ccc2c(c1)OCO2. The Bertz CT molecular complexity index is 1330. The van der Waals surface area contributed by atoms with Crippen molar-refractivity contribution in [2.75, 3.05) is 12.1 Å². The highest BCUT2D eigenvalue weighted by Crippen LogP contribution is 2.35. The van der Waals surface area contributed by atoms with Crippen molar-refractivity contribution in [2.24, 2.45) is 4.99 Å². The Morgan fingerprint density at radius 3 is 2.60 bits per heavy atom. The topological polar surface area (TPSA) is 73.1 Å². The van der Waals surface area contributed by atoms with Gasteiger partial charge in [-0.2, -0.15) is 0 Å². The number of hydrogen-bond donors (Lipinski definition) is 1. The molecular weight excluding hydrogens is 404 g/mol. The summed E-state index contributed by atoms with van der Waals surface area (Å²) < 4.78 is 16.7. The van der Waals surface area contributed by atoms with Crippen LogP contribution in [0.15, 0.2) is 82.2 Å². The van der Waals surface area contributed by atoms with Crippen LogP contribution in [0.5, 0.6) is 11.5 Å². The molecule has 1 amide bonds. The minimum atomic E-state index is -0.341. The maximum absolute atomic E-state index is 13.0. The van der Waals surface area contributed by atoms with E-state index in [0.717, 1.165) is 5.39 Å². The van der Waals surface area contributed by atoms with Gasteiger partial charge in [0, 0.05) is 22.2 Å². The largest absolute Gasteiger partial charge is 0.454 e. The first-order valence-electron chi connectivity index (χ1n) is 9.20. The number of carbonyl (C=O) groups is 1. The molecule has 0 aliphatic carbocycles. The first-order valence-corrected chi connectivity index (χ1v) is 9.58. The average Bonchev–Trinajstić information content (AvgIpc) is 3.23. The molecule has 1 aromatic heterocycles. The van der Waals surface area contributed by atoms with Crippen LogP contribution in [0.1, 0.15) is 10.4 Å². The second-order valence-electron chi connectivity index (χ2n) is 6.61. The lowest BCUT2D eigenvalue weighted by Crippen LogP contribution is -2.21. The van der Waals surface area contributed by atoms with Gasteiger partial charge in [-0.3, -0.25) is 4.79 Å². The van der Waals surface area contributed by atoms with Crippen LogP contribution in [0.3, 0.4) is 0 Å². The maximum atomic E-state index is 13.0. The molecule has 0 bridgehead atoms. The molecule has 6 nitrogen and oxygen atoms in total. The number of anilines is 1. The van der Waals surface area contributed by atoms with Crippen molar-refractivity contribution >= 4 is 39.9 Å². The van der Waals surface area contributed by atoms with Crippen molar-refractivity contribution in [3.05, 3.63) is 88.9 Å². The van der Waals surface area contributed by atoms with Gasteiger partial charge < -0.3 is 19.2 Å². The second kappa shape index (κ2) is 7.57. The molecule has 148 valence electrons. The monoisotopic (exact) mass is 418 g/mol. The Hall–Kier alpha value is -3.77. The predicted octanol–water partition coefficient (Wildman–Crippen LogP) is 5.30. The molecule has 0 spiro atoms. The zero-order chi connectivity index (χ0) is 20.5. The Labute approximate surface area is 176 Å². The molecule has 4 aromatic rings. The molecular formula is C23H15ClN2O4. The third-order valence-corrected chi connectivity index (χ3v) is 4.84. The van der Waals surface area contributed by atoms with Gasteiger partial charge >= 0.3 is 0 Å². The number of hydrogen-bond acceptors (Lipinski definition) is 5. The molecule has 3 aromatic carbocycles. The van der Waals surface area contributed by atoms with Crippen LogP contribution in [-0.2, 0) is 0 Å². The van der Waals surface area contributed by atoms with Gasteiger partial charge in [0.2, 0.25) is 12.3 Å². The number of ether oxygens (including phenoxy) is 2. The summed E-state index contributed by atoms with van der Waals surface area (Å²) in [6.45, 7) is 0.174. The molecule has 7 heteroatoms. The van der Waals surface area contributed by atoms with Gasteiger partial charge in [0.05, 0.1) is 5.69 Å². The summed E-state index contributed by atoms with van der Waals surface area (Å²) in [5, 5.41) is 4.24. The van der Waals surface area contributed by atoms with Gasteiger partial charge in [-0.05, 0) is 48.5 Å². The highest BCUT2D eigenvalue weighted by Gasteiger charge is 2.15.